The number of aryl methyl sites for hydroxylation is 3. The van der Waals surface area contributed by atoms with Crippen LogP contribution in [0.5, 0.6) is 0 Å². The van der Waals surface area contributed by atoms with Crippen molar-refractivity contribution >= 4 is 0 Å². The van der Waals surface area contributed by atoms with Gasteiger partial charge in [0.15, 0.2) is 0 Å². The zero-order chi connectivity index (χ0) is 13.3. The van der Waals surface area contributed by atoms with Crippen LogP contribution in [-0.2, 0) is 0 Å². The second kappa shape index (κ2) is 4.97. The molecule has 0 fully saturated rings. The van der Waals surface area contributed by atoms with E-state index in [9.17, 15) is 0 Å². The van der Waals surface area contributed by atoms with Crippen molar-refractivity contribution < 1.29 is 0 Å². The van der Waals surface area contributed by atoms with Crippen LogP contribution in [0, 0.1) is 20.8 Å². The van der Waals surface area contributed by atoms with Crippen molar-refractivity contribution in [2.75, 3.05) is 0 Å². The molecule has 0 unspecified atom stereocenters. The Morgan fingerprint density at radius 2 is 1.44 bits per heavy atom. The Morgan fingerprint density at radius 1 is 0.778 bits per heavy atom. The summed E-state index contributed by atoms with van der Waals surface area (Å²) in [7, 11) is 0. The van der Waals surface area contributed by atoms with Crippen LogP contribution in [0.1, 0.15) is 42.0 Å². The first-order chi connectivity index (χ1) is 8.49. The lowest BCUT2D eigenvalue weighted by Gasteiger charge is -2.14. The van der Waals surface area contributed by atoms with E-state index in [1.807, 2.05) is 0 Å². The van der Waals surface area contributed by atoms with Crippen LogP contribution >= 0.6 is 0 Å². The Hall–Kier alpha value is -1.56. The average molecular weight is 238 g/mol. The number of hydrogen-bond acceptors (Lipinski definition) is 0. The first-order valence-electron chi connectivity index (χ1n) is 6.67. The smallest absolute Gasteiger partial charge is 0.0152 e. The Morgan fingerprint density at radius 3 is 2.11 bits per heavy atom. The Kier molecular flexibility index (Phi) is 3.56. The van der Waals surface area contributed by atoms with Crippen molar-refractivity contribution in [1.29, 1.82) is 0 Å². The van der Waals surface area contributed by atoms with Crippen molar-refractivity contribution in [2.45, 2.75) is 40.5 Å². The highest BCUT2D eigenvalue weighted by Gasteiger charge is 2.07. The molecule has 0 spiro atoms. The first kappa shape index (κ1) is 12.9. The molecule has 0 aliphatic heterocycles. The highest BCUT2D eigenvalue weighted by atomic mass is 14.1. The molecule has 0 heteroatoms. The topological polar surface area (TPSA) is 0 Å². The molecule has 0 bridgehead atoms. The van der Waals surface area contributed by atoms with Gasteiger partial charge in [-0.3, -0.25) is 0 Å². The van der Waals surface area contributed by atoms with Crippen LogP contribution < -0.4 is 0 Å². The van der Waals surface area contributed by atoms with Crippen LogP contribution in [0.4, 0.5) is 0 Å². The zero-order valence-electron chi connectivity index (χ0n) is 12.0. The molecule has 18 heavy (non-hydrogen) atoms. The maximum absolute atomic E-state index is 2.35. The predicted octanol–water partition coefficient (Wildman–Crippen LogP) is 5.40. The van der Waals surface area contributed by atoms with E-state index in [1.54, 1.807) is 0 Å². The summed E-state index contributed by atoms with van der Waals surface area (Å²) < 4.78 is 0. The van der Waals surface area contributed by atoms with Crippen LogP contribution in [0.2, 0.25) is 0 Å². The second-order valence-corrected chi connectivity index (χ2v) is 5.54. The third-order valence-electron chi connectivity index (χ3n) is 3.61. The average Bonchev–Trinajstić information content (AvgIpc) is 2.33. The minimum absolute atomic E-state index is 0.579. The lowest BCUT2D eigenvalue weighted by Crippen LogP contribution is -1.93. The van der Waals surface area contributed by atoms with Gasteiger partial charge < -0.3 is 0 Å². The zero-order valence-corrected chi connectivity index (χ0v) is 12.0. The fourth-order valence-electron chi connectivity index (χ4n) is 2.48. The van der Waals surface area contributed by atoms with Gasteiger partial charge >= 0.3 is 0 Å². The summed E-state index contributed by atoms with van der Waals surface area (Å²) in [6.07, 6.45) is 0. The lowest BCUT2D eigenvalue weighted by molar-refractivity contribution is 0.857. The third kappa shape index (κ3) is 2.48. The van der Waals surface area contributed by atoms with Gasteiger partial charge in [0.2, 0.25) is 0 Å². The van der Waals surface area contributed by atoms with Gasteiger partial charge in [-0.15, -0.1) is 0 Å². The maximum Gasteiger partial charge on any atom is -0.0152 e. The van der Waals surface area contributed by atoms with E-state index in [2.05, 4.69) is 71.0 Å². The van der Waals surface area contributed by atoms with Crippen LogP contribution in [0.15, 0.2) is 36.4 Å². The fraction of sp³-hybridized carbons (Fsp3) is 0.333. The third-order valence-corrected chi connectivity index (χ3v) is 3.61. The molecule has 0 atom stereocenters. The normalized spacial score (nSPS) is 11.0. The van der Waals surface area contributed by atoms with Crippen molar-refractivity contribution in [2.24, 2.45) is 0 Å². The van der Waals surface area contributed by atoms with Crippen LogP contribution in [0.3, 0.4) is 0 Å². The maximum atomic E-state index is 2.35. The highest BCUT2D eigenvalue weighted by molar-refractivity contribution is 5.69. The number of benzene rings is 2. The molecule has 0 nitrogen and oxygen atoms in total. The van der Waals surface area contributed by atoms with Crippen LogP contribution in [0.25, 0.3) is 11.1 Å². The first-order valence-corrected chi connectivity index (χ1v) is 6.67. The minimum Gasteiger partial charge on any atom is -0.0590 e. The van der Waals surface area contributed by atoms with Gasteiger partial charge in [0.1, 0.15) is 0 Å². The van der Waals surface area contributed by atoms with E-state index in [0.717, 1.165) is 0 Å². The summed E-state index contributed by atoms with van der Waals surface area (Å²) in [5.41, 5.74) is 8.20. The van der Waals surface area contributed by atoms with Crippen LogP contribution in [-0.4, -0.2) is 0 Å². The van der Waals surface area contributed by atoms with Gasteiger partial charge in [-0.1, -0.05) is 55.8 Å². The van der Waals surface area contributed by atoms with Crippen molar-refractivity contribution in [3.63, 3.8) is 0 Å². The standard InChI is InChI=1S/C18H22/c1-12(2)17-11-16(9-8-14(17)4)18-10-13(3)6-7-15(18)5/h6-12H,1-5H3. The molecule has 2 aromatic carbocycles. The van der Waals surface area contributed by atoms with E-state index in [0.29, 0.717) is 5.92 Å². The molecule has 0 amide bonds. The molecule has 0 N–H and O–H groups in total. The molecule has 0 radical (unpaired) electrons. The monoisotopic (exact) mass is 238 g/mol. The summed E-state index contributed by atoms with van der Waals surface area (Å²) in [6, 6.07) is 13.5. The SMILES string of the molecule is Cc1ccc(C)c(-c2ccc(C)c(C(C)C)c2)c1. The van der Waals surface area contributed by atoms with Gasteiger partial charge in [0.25, 0.3) is 0 Å². The molecule has 0 heterocycles. The molecule has 0 aliphatic rings. The van der Waals surface area contributed by atoms with Gasteiger partial charge in [0, 0.05) is 0 Å². The Bertz CT molecular complexity index is 562. The summed E-state index contributed by atoms with van der Waals surface area (Å²) in [5.74, 6) is 0.579. The summed E-state index contributed by atoms with van der Waals surface area (Å²) in [5, 5.41) is 0. The van der Waals surface area contributed by atoms with E-state index in [1.165, 1.54) is 33.4 Å². The van der Waals surface area contributed by atoms with Gasteiger partial charge in [0.05, 0.1) is 0 Å². The van der Waals surface area contributed by atoms with Gasteiger partial charge in [-0.2, -0.15) is 0 Å². The molecular formula is C18H22. The minimum atomic E-state index is 0.579. The summed E-state index contributed by atoms with van der Waals surface area (Å²) in [4.78, 5) is 0. The molecule has 0 saturated heterocycles. The molecule has 94 valence electrons. The highest BCUT2D eigenvalue weighted by Crippen LogP contribution is 2.29. The van der Waals surface area contributed by atoms with Crippen molar-refractivity contribution in [1.82, 2.24) is 0 Å². The largest absolute Gasteiger partial charge is 0.0590 e. The molecule has 2 rings (SSSR count). The number of hydrogen-bond donors (Lipinski definition) is 0. The molecule has 0 saturated carbocycles. The summed E-state index contributed by atoms with van der Waals surface area (Å²) >= 11 is 0. The van der Waals surface area contributed by atoms with Crippen molar-refractivity contribution in [3.05, 3.63) is 58.7 Å². The van der Waals surface area contributed by atoms with E-state index >= 15 is 0 Å². The number of rotatable bonds is 2. The molecule has 0 aliphatic carbocycles. The Balaban J connectivity index is 2.57. The lowest BCUT2D eigenvalue weighted by atomic mass is 9.91. The molecular weight excluding hydrogens is 216 g/mol. The quantitative estimate of drug-likeness (QED) is 0.657. The summed E-state index contributed by atoms with van der Waals surface area (Å²) in [6.45, 7) is 11.1. The van der Waals surface area contributed by atoms with Gasteiger partial charge in [-0.05, 0) is 54.5 Å². The second-order valence-electron chi connectivity index (χ2n) is 5.54. The molecule has 2 aromatic rings. The van der Waals surface area contributed by atoms with E-state index in [-0.39, 0.29) is 0 Å². The van der Waals surface area contributed by atoms with Crippen molar-refractivity contribution in [3.8, 4) is 11.1 Å². The fourth-order valence-corrected chi connectivity index (χ4v) is 2.48. The van der Waals surface area contributed by atoms with E-state index < -0.39 is 0 Å². The predicted molar refractivity (Wildman–Crippen MR) is 80.2 cm³/mol. The van der Waals surface area contributed by atoms with Gasteiger partial charge in [-0.25, -0.2) is 0 Å². The Labute approximate surface area is 111 Å². The van der Waals surface area contributed by atoms with E-state index in [4.69, 9.17) is 0 Å². The molecule has 0 aromatic heterocycles.